The summed E-state index contributed by atoms with van der Waals surface area (Å²) >= 11 is 0. The summed E-state index contributed by atoms with van der Waals surface area (Å²) in [5.41, 5.74) is 2.34. The number of aryl methyl sites for hydroxylation is 1. The lowest BCUT2D eigenvalue weighted by molar-refractivity contribution is 0.0902. The Bertz CT molecular complexity index is 881. The zero-order valence-corrected chi connectivity index (χ0v) is 13.2. The van der Waals surface area contributed by atoms with Crippen molar-refractivity contribution in [3.05, 3.63) is 47.2 Å². The molecule has 1 fully saturated rings. The van der Waals surface area contributed by atoms with Crippen molar-refractivity contribution in [3.63, 3.8) is 0 Å². The predicted molar refractivity (Wildman–Crippen MR) is 84.5 cm³/mol. The van der Waals surface area contributed by atoms with E-state index >= 15 is 0 Å². The molecule has 1 amide bonds. The molecule has 0 radical (unpaired) electrons. The number of hydrogen-bond acceptors (Lipinski definition) is 6. The SMILES string of the molecule is Cc1noc2nc(C3CC3)cc(C(=O)NCC(O)c3ccco3)c12. The topological polar surface area (TPSA) is 101 Å². The van der Waals surface area contributed by atoms with E-state index in [4.69, 9.17) is 8.94 Å². The standard InChI is InChI=1S/C17H17N3O4/c1-9-15-11(7-12(10-4-5-10)19-17(15)24-20-9)16(22)18-8-13(21)14-3-2-6-23-14/h2-3,6-7,10,13,21H,4-5,8H2,1H3,(H,18,22). The Balaban J connectivity index is 1.60. The molecule has 1 aliphatic carbocycles. The molecule has 0 aliphatic heterocycles. The maximum Gasteiger partial charge on any atom is 0.259 e. The van der Waals surface area contributed by atoms with E-state index in [9.17, 15) is 9.90 Å². The number of carbonyl (C=O) groups is 1. The van der Waals surface area contributed by atoms with Gasteiger partial charge in [0.05, 0.1) is 29.5 Å². The normalized spacial score (nSPS) is 15.6. The van der Waals surface area contributed by atoms with Crippen LogP contribution in [0.15, 0.2) is 33.4 Å². The van der Waals surface area contributed by atoms with E-state index in [1.165, 1.54) is 6.26 Å². The van der Waals surface area contributed by atoms with Crippen LogP contribution in [0.25, 0.3) is 11.1 Å². The number of carbonyl (C=O) groups excluding carboxylic acids is 1. The molecule has 1 unspecified atom stereocenters. The van der Waals surface area contributed by atoms with Gasteiger partial charge >= 0.3 is 0 Å². The number of hydrogen-bond donors (Lipinski definition) is 2. The Morgan fingerprint density at radius 3 is 3.04 bits per heavy atom. The van der Waals surface area contributed by atoms with Gasteiger partial charge in [0, 0.05) is 11.6 Å². The van der Waals surface area contributed by atoms with Gasteiger partial charge in [-0.1, -0.05) is 5.16 Å². The number of fused-ring (bicyclic) bond motifs is 1. The highest BCUT2D eigenvalue weighted by atomic mass is 16.5. The second-order valence-electron chi connectivity index (χ2n) is 6.06. The number of rotatable bonds is 5. The van der Waals surface area contributed by atoms with Gasteiger partial charge in [0.25, 0.3) is 11.6 Å². The van der Waals surface area contributed by atoms with E-state index < -0.39 is 6.10 Å². The first-order valence-corrected chi connectivity index (χ1v) is 7.90. The number of furan rings is 1. The lowest BCUT2D eigenvalue weighted by atomic mass is 10.1. The van der Waals surface area contributed by atoms with Crippen LogP contribution in [0.5, 0.6) is 0 Å². The zero-order chi connectivity index (χ0) is 16.7. The van der Waals surface area contributed by atoms with Crippen molar-refractivity contribution in [1.29, 1.82) is 0 Å². The van der Waals surface area contributed by atoms with Crippen LogP contribution in [0.2, 0.25) is 0 Å². The third kappa shape index (κ3) is 2.67. The Kier molecular flexibility index (Phi) is 3.57. The highest BCUT2D eigenvalue weighted by molar-refractivity contribution is 6.06. The Labute approximate surface area is 137 Å². The summed E-state index contributed by atoms with van der Waals surface area (Å²) in [6, 6.07) is 5.16. The number of aliphatic hydroxyl groups excluding tert-OH is 1. The predicted octanol–water partition coefficient (Wildman–Crippen LogP) is 2.47. The molecular weight excluding hydrogens is 310 g/mol. The van der Waals surface area contributed by atoms with Gasteiger partial charge in [0.2, 0.25) is 0 Å². The molecule has 124 valence electrons. The number of aliphatic hydroxyl groups is 1. The molecule has 3 aromatic heterocycles. The van der Waals surface area contributed by atoms with Gasteiger partial charge in [-0.2, -0.15) is 0 Å². The fourth-order valence-electron chi connectivity index (χ4n) is 2.75. The fraction of sp³-hybridized carbons (Fsp3) is 0.353. The van der Waals surface area contributed by atoms with Crippen LogP contribution in [0.3, 0.4) is 0 Å². The summed E-state index contributed by atoms with van der Waals surface area (Å²) < 4.78 is 10.4. The summed E-state index contributed by atoms with van der Waals surface area (Å²) in [6.45, 7) is 1.83. The minimum Gasteiger partial charge on any atom is -0.467 e. The number of nitrogens with zero attached hydrogens (tertiary/aromatic N) is 2. The van der Waals surface area contributed by atoms with Gasteiger partial charge < -0.3 is 19.4 Å². The van der Waals surface area contributed by atoms with Gasteiger partial charge in [-0.3, -0.25) is 4.79 Å². The van der Waals surface area contributed by atoms with Crippen molar-refractivity contribution in [2.24, 2.45) is 0 Å². The summed E-state index contributed by atoms with van der Waals surface area (Å²) in [6.07, 6.45) is 2.73. The first-order valence-electron chi connectivity index (χ1n) is 7.90. The average Bonchev–Trinajstić information content (AvgIpc) is 3.16. The highest BCUT2D eigenvalue weighted by Crippen LogP contribution is 2.40. The molecule has 4 rings (SSSR count). The Morgan fingerprint density at radius 2 is 2.33 bits per heavy atom. The van der Waals surface area contributed by atoms with Crippen LogP contribution in [0.1, 0.15) is 52.4 Å². The first kappa shape index (κ1) is 14.9. The number of aromatic nitrogens is 2. The van der Waals surface area contributed by atoms with E-state index in [0.717, 1.165) is 18.5 Å². The summed E-state index contributed by atoms with van der Waals surface area (Å²) in [4.78, 5) is 17.1. The molecule has 1 aliphatic rings. The average molecular weight is 327 g/mol. The van der Waals surface area contributed by atoms with Gasteiger partial charge in [-0.25, -0.2) is 4.98 Å². The Morgan fingerprint density at radius 1 is 1.50 bits per heavy atom. The number of nitrogens with one attached hydrogen (secondary N) is 1. The summed E-state index contributed by atoms with van der Waals surface area (Å²) in [5.74, 6) is 0.510. The van der Waals surface area contributed by atoms with Gasteiger partial charge in [-0.15, -0.1) is 0 Å². The molecule has 0 saturated heterocycles. The maximum absolute atomic E-state index is 12.6. The molecule has 2 N–H and O–H groups in total. The van der Waals surface area contributed by atoms with Crippen molar-refractivity contribution < 1.29 is 18.8 Å². The van der Waals surface area contributed by atoms with Gasteiger partial charge in [0.15, 0.2) is 0 Å². The van der Waals surface area contributed by atoms with Crippen LogP contribution in [0.4, 0.5) is 0 Å². The molecule has 7 heteroatoms. The van der Waals surface area contributed by atoms with Crippen molar-refractivity contribution in [1.82, 2.24) is 15.5 Å². The van der Waals surface area contributed by atoms with E-state index in [1.807, 2.05) is 0 Å². The van der Waals surface area contributed by atoms with Crippen LogP contribution >= 0.6 is 0 Å². The smallest absolute Gasteiger partial charge is 0.259 e. The molecule has 3 heterocycles. The molecule has 3 aromatic rings. The van der Waals surface area contributed by atoms with Crippen LogP contribution in [0, 0.1) is 6.92 Å². The number of pyridine rings is 1. The van der Waals surface area contributed by atoms with E-state index in [-0.39, 0.29) is 12.5 Å². The lowest BCUT2D eigenvalue weighted by Crippen LogP contribution is -2.28. The third-order valence-electron chi connectivity index (χ3n) is 4.20. The molecule has 1 saturated carbocycles. The zero-order valence-electron chi connectivity index (χ0n) is 13.2. The highest BCUT2D eigenvalue weighted by Gasteiger charge is 2.28. The molecule has 7 nitrogen and oxygen atoms in total. The molecule has 0 aromatic carbocycles. The van der Waals surface area contributed by atoms with Crippen LogP contribution in [-0.2, 0) is 0 Å². The molecular formula is C17H17N3O4. The minimum atomic E-state index is -0.896. The minimum absolute atomic E-state index is 0.0548. The summed E-state index contributed by atoms with van der Waals surface area (Å²) in [7, 11) is 0. The van der Waals surface area contributed by atoms with Crippen LogP contribution in [-0.4, -0.2) is 27.7 Å². The molecule has 1 atom stereocenters. The largest absolute Gasteiger partial charge is 0.467 e. The van der Waals surface area contributed by atoms with Crippen LogP contribution < -0.4 is 5.32 Å². The fourth-order valence-corrected chi connectivity index (χ4v) is 2.75. The van der Waals surface area contributed by atoms with Gasteiger partial charge in [0.1, 0.15) is 11.9 Å². The first-order chi connectivity index (χ1) is 11.6. The summed E-state index contributed by atoms with van der Waals surface area (Å²) in [5, 5.41) is 17.3. The maximum atomic E-state index is 12.6. The van der Waals surface area contributed by atoms with Crippen molar-refractivity contribution in [3.8, 4) is 0 Å². The Hall–Kier alpha value is -2.67. The van der Waals surface area contributed by atoms with Gasteiger partial charge in [-0.05, 0) is 38.0 Å². The van der Waals surface area contributed by atoms with Crippen molar-refractivity contribution in [2.75, 3.05) is 6.54 Å². The van der Waals surface area contributed by atoms with Crippen molar-refractivity contribution >= 4 is 17.0 Å². The van der Waals surface area contributed by atoms with E-state index in [0.29, 0.717) is 34.0 Å². The second-order valence-corrected chi connectivity index (χ2v) is 6.06. The second kappa shape index (κ2) is 5.76. The molecule has 0 bridgehead atoms. The molecule has 24 heavy (non-hydrogen) atoms. The monoisotopic (exact) mass is 327 g/mol. The third-order valence-corrected chi connectivity index (χ3v) is 4.20. The molecule has 0 spiro atoms. The van der Waals surface area contributed by atoms with E-state index in [2.05, 4.69) is 15.5 Å². The van der Waals surface area contributed by atoms with E-state index in [1.54, 1.807) is 25.1 Å². The van der Waals surface area contributed by atoms with Crippen molar-refractivity contribution in [2.45, 2.75) is 31.8 Å². The number of amides is 1. The lowest BCUT2D eigenvalue weighted by Gasteiger charge is -2.11. The quantitative estimate of drug-likeness (QED) is 0.746.